The van der Waals surface area contributed by atoms with E-state index in [1.807, 2.05) is 0 Å². The Bertz CT molecular complexity index is 526. The summed E-state index contributed by atoms with van der Waals surface area (Å²) in [5.74, 6) is 1.75. The average molecular weight is 273 g/mol. The van der Waals surface area contributed by atoms with E-state index in [1.165, 1.54) is 24.0 Å². The van der Waals surface area contributed by atoms with Crippen LogP contribution in [0.15, 0.2) is 18.2 Å². The van der Waals surface area contributed by atoms with Crippen LogP contribution in [0, 0.1) is 12.8 Å². The van der Waals surface area contributed by atoms with Gasteiger partial charge in [-0.2, -0.15) is 0 Å². The summed E-state index contributed by atoms with van der Waals surface area (Å²) in [5, 5.41) is 0. The summed E-state index contributed by atoms with van der Waals surface area (Å²) in [6.07, 6.45) is 5.94. The Morgan fingerprint density at radius 3 is 3.00 bits per heavy atom. The van der Waals surface area contributed by atoms with Crippen molar-refractivity contribution in [3.63, 3.8) is 0 Å². The highest BCUT2D eigenvalue weighted by Gasteiger charge is 2.50. The van der Waals surface area contributed by atoms with E-state index in [1.54, 1.807) is 0 Å². The lowest BCUT2D eigenvalue weighted by atomic mass is 9.83. The van der Waals surface area contributed by atoms with Gasteiger partial charge in [-0.25, -0.2) is 0 Å². The number of ether oxygens (including phenoxy) is 2. The molecule has 1 saturated heterocycles. The Labute approximate surface area is 120 Å². The zero-order chi connectivity index (χ0) is 13.7. The number of hydrogen-bond acceptors (Lipinski definition) is 3. The molecule has 1 aliphatic carbocycles. The number of benzene rings is 1. The maximum atomic E-state index is 6.68. The molecular formula is C17H23NO2. The second kappa shape index (κ2) is 4.47. The van der Waals surface area contributed by atoms with Crippen LogP contribution < -0.4 is 10.5 Å². The summed E-state index contributed by atoms with van der Waals surface area (Å²) < 4.78 is 12.0. The Kier molecular flexibility index (Phi) is 2.83. The number of rotatable bonds is 3. The van der Waals surface area contributed by atoms with E-state index in [0.29, 0.717) is 5.92 Å². The molecule has 20 heavy (non-hydrogen) atoms. The van der Waals surface area contributed by atoms with Gasteiger partial charge in [0.05, 0.1) is 6.10 Å². The van der Waals surface area contributed by atoms with Crippen LogP contribution >= 0.6 is 0 Å². The highest BCUT2D eigenvalue weighted by atomic mass is 16.5. The van der Waals surface area contributed by atoms with Crippen molar-refractivity contribution in [3.8, 4) is 5.75 Å². The fourth-order valence-corrected chi connectivity index (χ4v) is 3.89. The summed E-state index contributed by atoms with van der Waals surface area (Å²) in [7, 11) is 0. The maximum absolute atomic E-state index is 6.68. The fraction of sp³-hybridized carbons (Fsp3) is 0.647. The van der Waals surface area contributed by atoms with E-state index in [4.69, 9.17) is 15.2 Å². The van der Waals surface area contributed by atoms with E-state index in [2.05, 4.69) is 25.1 Å². The standard InChI is InChI=1S/C17H23NO2/c1-11-2-5-15-13(8-11)9-14(20-15)10-17(18)6-7-19-16(17)12-3-4-12/h2,5,8,12,14,16H,3-4,6-7,9-10,18H2,1H3. The third-order valence-corrected chi connectivity index (χ3v) is 5.05. The molecule has 3 heteroatoms. The molecule has 3 nitrogen and oxygen atoms in total. The van der Waals surface area contributed by atoms with E-state index < -0.39 is 0 Å². The van der Waals surface area contributed by atoms with Gasteiger partial charge in [-0.3, -0.25) is 0 Å². The molecule has 3 unspecified atom stereocenters. The lowest BCUT2D eigenvalue weighted by Gasteiger charge is -2.32. The summed E-state index contributed by atoms with van der Waals surface area (Å²) in [5.41, 5.74) is 9.14. The van der Waals surface area contributed by atoms with Crippen LogP contribution in [0.4, 0.5) is 0 Å². The van der Waals surface area contributed by atoms with Crippen LogP contribution in [0.3, 0.4) is 0 Å². The molecule has 1 aromatic rings. The van der Waals surface area contributed by atoms with Gasteiger partial charge in [0.1, 0.15) is 11.9 Å². The maximum Gasteiger partial charge on any atom is 0.123 e. The van der Waals surface area contributed by atoms with Crippen LogP contribution in [0.2, 0.25) is 0 Å². The van der Waals surface area contributed by atoms with Crippen LogP contribution in [0.5, 0.6) is 5.75 Å². The smallest absolute Gasteiger partial charge is 0.123 e. The molecule has 1 aromatic carbocycles. The molecule has 0 bridgehead atoms. The van der Waals surface area contributed by atoms with Gasteiger partial charge in [0.15, 0.2) is 0 Å². The molecule has 4 rings (SSSR count). The highest BCUT2D eigenvalue weighted by Crippen LogP contribution is 2.45. The van der Waals surface area contributed by atoms with Crippen molar-refractivity contribution < 1.29 is 9.47 Å². The monoisotopic (exact) mass is 273 g/mol. The molecule has 0 spiro atoms. The predicted molar refractivity (Wildman–Crippen MR) is 77.9 cm³/mol. The van der Waals surface area contributed by atoms with Gasteiger partial charge in [0, 0.05) is 25.0 Å². The SMILES string of the molecule is Cc1ccc2c(c1)CC(CC1(N)CCOC1C1CC1)O2. The Morgan fingerprint density at radius 1 is 1.35 bits per heavy atom. The molecule has 2 aliphatic heterocycles. The van der Waals surface area contributed by atoms with E-state index >= 15 is 0 Å². The summed E-state index contributed by atoms with van der Waals surface area (Å²) in [6.45, 7) is 2.95. The van der Waals surface area contributed by atoms with Crippen molar-refractivity contribution in [2.45, 2.75) is 56.8 Å². The van der Waals surface area contributed by atoms with Crippen molar-refractivity contribution in [2.75, 3.05) is 6.61 Å². The van der Waals surface area contributed by atoms with Gasteiger partial charge in [0.2, 0.25) is 0 Å². The van der Waals surface area contributed by atoms with Crippen LogP contribution in [-0.4, -0.2) is 24.4 Å². The largest absolute Gasteiger partial charge is 0.490 e. The number of hydrogen-bond donors (Lipinski definition) is 1. The fourth-order valence-electron chi connectivity index (χ4n) is 3.89. The first-order valence-corrected chi connectivity index (χ1v) is 7.81. The van der Waals surface area contributed by atoms with Gasteiger partial charge < -0.3 is 15.2 Å². The topological polar surface area (TPSA) is 44.5 Å². The van der Waals surface area contributed by atoms with Crippen molar-refractivity contribution in [1.29, 1.82) is 0 Å². The van der Waals surface area contributed by atoms with Crippen molar-refractivity contribution in [1.82, 2.24) is 0 Å². The zero-order valence-electron chi connectivity index (χ0n) is 12.1. The molecule has 3 atom stereocenters. The molecule has 2 heterocycles. The summed E-state index contributed by atoms with van der Waals surface area (Å²) in [4.78, 5) is 0. The summed E-state index contributed by atoms with van der Waals surface area (Å²) >= 11 is 0. The predicted octanol–water partition coefficient (Wildman–Crippen LogP) is 2.59. The van der Waals surface area contributed by atoms with Crippen molar-refractivity contribution in [2.24, 2.45) is 11.7 Å². The molecule has 3 aliphatic rings. The zero-order valence-corrected chi connectivity index (χ0v) is 12.1. The molecule has 0 amide bonds. The molecule has 0 radical (unpaired) electrons. The first kappa shape index (κ1) is 12.7. The Morgan fingerprint density at radius 2 is 2.20 bits per heavy atom. The first-order chi connectivity index (χ1) is 9.64. The molecule has 108 valence electrons. The molecular weight excluding hydrogens is 250 g/mol. The Balaban J connectivity index is 1.48. The van der Waals surface area contributed by atoms with Gasteiger partial charge in [-0.15, -0.1) is 0 Å². The van der Waals surface area contributed by atoms with Gasteiger partial charge >= 0.3 is 0 Å². The Hall–Kier alpha value is -1.06. The minimum atomic E-state index is -0.178. The summed E-state index contributed by atoms with van der Waals surface area (Å²) in [6, 6.07) is 6.45. The van der Waals surface area contributed by atoms with Crippen LogP contribution in [-0.2, 0) is 11.2 Å². The quantitative estimate of drug-likeness (QED) is 0.920. The van der Waals surface area contributed by atoms with Gasteiger partial charge in [0.25, 0.3) is 0 Å². The third-order valence-electron chi connectivity index (χ3n) is 5.05. The third kappa shape index (κ3) is 2.13. The van der Waals surface area contributed by atoms with Crippen LogP contribution in [0.25, 0.3) is 0 Å². The average Bonchev–Trinajstić information content (AvgIpc) is 3.06. The van der Waals surface area contributed by atoms with Crippen molar-refractivity contribution in [3.05, 3.63) is 29.3 Å². The molecule has 0 aromatic heterocycles. The highest BCUT2D eigenvalue weighted by molar-refractivity contribution is 5.40. The number of nitrogens with two attached hydrogens (primary N) is 1. The first-order valence-electron chi connectivity index (χ1n) is 7.81. The normalized spacial score (nSPS) is 35.9. The lowest BCUT2D eigenvalue weighted by Crippen LogP contribution is -2.51. The molecule has 2 N–H and O–H groups in total. The van der Waals surface area contributed by atoms with Crippen molar-refractivity contribution >= 4 is 0 Å². The molecule has 1 saturated carbocycles. The minimum Gasteiger partial charge on any atom is -0.490 e. The van der Waals surface area contributed by atoms with E-state index in [0.717, 1.165) is 31.6 Å². The number of fused-ring (bicyclic) bond motifs is 1. The van der Waals surface area contributed by atoms with Gasteiger partial charge in [-0.1, -0.05) is 17.7 Å². The lowest BCUT2D eigenvalue weighted by molar-refractivity contribution is 0.0477. The van der Waals surface area contributed by atoms with Crippen LogP contribution in [0.1, 0.15) is 36.8 Å². The van der Waals surface area contributed by atoms with E-state index in [-0.39, 0.29) is 17.7 Å². The van der Waals surface area contributed by atoms with E-state index in [9.17, 15) is 0 Å². The second-order valence-electron chi connectivity index (χ2n) is 6.87. The molecule has 2 fully saturated rings. The van der Waals surface area contributed by atoms with Gasteiger partial charge in [-0.05, 0) is 43.7 Å². The second-order valence-corrected chi connectivity index (χ2v) is 6.87. The minimum absolute atomic E-state index is 0.178. The number of aryl methyl sites for hydroxylation is 1.